The molecule has 19 heavy (non-hydrogen) atoms. The highest BCUT2D eigenvalue weighted by molar-refractivity contribution is 9.10. The van der Waals surface area contributed by atoms with Gasteiger partial charge in [-0.15, -0.1) is 0 Å². The molecular formula is C15H15BrN2S. The maximum Gasteiger partial charge on any atom is 0.144 e. The summed E-state index contributed by atoms with van der Waals surface area (Å²) in [4.78, 5) is 8.04. The minimum absolute atomic E-state index is 0.358. The molecule has 1 aromatic carbocycles. The van der Waals surface area contributed by atoms with E-state index in [1.165, 1.54) is 11.1 Å². The Balaban J connectivity index is 2.10. The van der Waals surface area contributed by atoms with E-state index < -0.39 is 0 Å². The number of aromatic amines is 1. The van der Waals surface area contributed by atoms with Crippen LogP contribution in [0.2, 0.25) is 0 Å². The molecule has 2 aromatic rings. The fourth-order valence-electron chi connectivity index (χ4n) is 2.77. The van der Waals surface area contributed by atoms with Crippen molar-refractivity contribution in [1.82, 2.24) is 9.97 Å². The summed E-state index contributed by atoms with van der Waals surface area (Å²) >= 11 is 8.87. The Labute approximate surface area is 126 Å². The van der Waals surface area contributed by atoms with Crippen molar-refractivity contribution in [3.8, 4) is 0 Å². The van der Waals surface area contributed by atoms with Crippen LogP contribution in [0.3, 0.4) is 0 Å². The van der Waals surface area contributed by atoms with Crippen LogP contribution in [0.25, 0.3) is 0 Å². The first kappa shape index (κ1) is 13.0. The molecule has 0 saturated carbocycles. The van der Waals surface area contributed by atoms with Gasteiger partial charge in [0.15, 0.2) is 0 Å². The maximum atomic E-state index is 5.35. The number of nitrogens with one attached hydrogen (secondary N) is 1. The number of rotatable bonds is 2. The van der Waals surface area contributed by atoms with Crippen LogP contribution in [0, 0.1) is 4.64 Å². The van der Waals surface area contributed by atoms with E-state index in [9.17, 15) is 0 Å². The Morgan fingerprint density at radius 3 is 3.00 bits per heavy atom. The largest absolute Gasteiger partial charge is 0.346 e. The Morgan fingerprint density at radius 2 is 2.21 bits per heavy atom. The Hall–Kier alpha value is -1.00. The predicted octanol–water partition coefficient (Wildman–Crippen LogP) is 4.54. The first-order valence-corrected chi connectivity index (χ1v) is 7.77. The normalized spacial score (nSPS) is 17.5. The molecular weight excluding hydrogens is 320 g/mol. The number of benzene rings is 1. The van der Waals surface area contributed by atoms with Crippen molar-refractivity contribution < 1.29 is 0 Å². The van der Waals surface area contributed by atoms with Crippen LogP contribution in [-0.4, -0.2) is 9.97 Å². The highest BCUT2D eigenvalue weighted by Crippen LogP contribution is 2.36. The molecule has 0 saturated heterocycles. The zero-order chi connectivity index (χ0) is 13.4. The topological polar surface area (TPSA) is 28.7 Å². The number of fused-ring (bicyclic) bond motifs is 1. The maximum absolute atomic E-state index is 5.35. The van der Waals surface area contributed by atoms with Gasteiger partial charge in [0.2, 0.25) is 0 Å². The monoisotopic (exact) mass is 334 g/mol. The third-order valence-electron chi connectivity index (χ3n) is 3.77. The number of hydrogen-bond acceptors (Lipinski definition) is 2. The number of aryl methyl sites for hydroxylation is 2. The Bertz CT molecular complexity index is 678. The fourth-order valence-corrected chi connectivity index (χ4v) is 3.46. The lowest BCUT2D eigenvalue weighted by Crippen LogP contribution is -2.06. The SMILES string of the molecule is CCc1[nH]c(C2CCc3ccccc32)nc(=S)c1Br. The molecule has 98 valence electrons. The number of halogens is 1. The summed E-state index contributed by atoms with van der Waals surface area (Å²) in [5.41, 5.74) is 3.97. The van der Waals surface area contributed by atoms with Gasteiger partial charge >= 0.3 is 0 Å². The Morgan fingerprint density at radius 1 is 1.42 bits per heavy atom. The van der Waals surface area contributed by atoms with Crippen molar-refractivity contribution in [2.24, 2.45) is 0 Å². The summed E-state index contributed by atoms with van der Waals surface area (Å²) in [5, 5.41) is 0. The zero-order valence-corrected chi connectivity index (χ0v) is 13.1. The number of hydrogen-bond donors (Lipinski definition) is 1. The highest BCUT2D eigenvalue weighted by Gasteiger charge is 2.25. The smallest absolute Gasteiger partial charge is 0.144 e. The van der Waals surface area contributed by atoms with Crippen LogP contribution in [-0.2, 0) is 12.8 Å². The molecule has 1 unspecified atom stereocenters. The van der Waals surface area contributed by atoms with Gasteiger partial charge in [0.05, 0.1) is 4.47 Å². The molecule has 1 heterocycles. The molecule has 2 nitrogen and oxygen atoms in total. The summed E-state index contributed by atoms with van der Waals surface area (Å²) in [6, 6.07) is 8.63. The summed E-state index contributed by atoms with van der Waals surface area (Å²) in [5.74, 6) is 1.37. The van der Waals surface area contributed by atoms with Crippen LogP contribution >= 0.6 is 28.1 Å². The van der Waals surface area contributed by atoms with E-state index in [0.29, 0.717) is 10.6 Å². The van der Waals surface area contributed by atoms with Crippen LogP contribution in [0.1, 0.15) is 41.9 Å². The van der Waals surface area contributed by atoms with Crippen molar-refractivity contribution in [2.75, 3.05) is 0 Å². The highest BCUT2D eigenvalue weighted by atomic mass is 79.9. The van der Waals surface area contributed by atoms with E-state index in [0.717, 1.165) is 35.3 Å². The summed E-state index contributed by atoms with van der Waals surface area (Å²) in [7, 11) is 0. The van der Waals surface area contributed by atoms with Crippen LogP contribution < -0.4 is 0 Å². The van der Waals surface area contributed by atoms with E-state index in [4.69, 9.17) is 12.2 Å². The molecule has 0 bridgehead atoms. The van der Waals surface area contributed by atoms with Crippen LogP contribution in [0.5, 0.6) is 0 Å². The minimum Gasteiger partial charge on any atom is -0.346 e. The first-order valence-electron chi connectivity index (χ1n) is 6.57. The summed E-state index contributed by atoms with van der Waals surface area (Å²) in [6.45, 7) is 2.12. The fraction of sp³-hybridized carbons (Fsp3) is 0.333. The zero-order valence-electron chi connectivity index (χ0n) is 10.7. The average molecular weight is 335 g/mol. The number of H-pyrrole nitrogens is 1. The van der Waals surface area contributed by atoms with E-state index in [2.05, 4.69) is 57.1 Å². The van der Waals surface area contributed by atoms with Crippen molar-refractivity contribution in [2.45, 2.75) is 32.1 Å². The average Bonchev–Trinajstić information content (AvgIpc) is 2.85. The van der Waals surface area contributed by atoms with Gasteiger partial charge in [0.1, 0.15) is 10.5 Å². The first-order chi connectivity index (χ1) is 9.20. The minimum atomic E-state index is 0.358. The van der Waals surface area contributed by atoms with Gasteiger partial charge in [0.25, 0.3) is 0 Å². The standard InChI is InChI=1S/C15H15BrN2S/c1-2-12-13(16)15(19)18-14(17-12)11-8-7-9-5-3-4-6-10(9)11/h3-6,11H,2,7-8H2,1H3,(H,17,18,19). The molecule has 0 amide bonds. The van der Waals surface area contributed by atoms with Crippen LogP contribution in [0.15, 0.2) is 28.7 Å². The predicted molar refractivity (Wildman–Crippen MR) is 83.1 cm³/mol. The molecule has 3 rings (SSSR count). The van der Waals surface area contributed by atoms with Crippen molar-refractivity contribution in [3.63, 3.8) is 0 Å². The van der Waals surface area contributed by atoms with Crippen molar-refractivity contribution in [3.05, 3.63) is 56.0 Å². The Kier molecular flexibility index (Phi) is 3.54. The third kappa shape index (κ3) is 2.28. The lowest BCUT2D eigenvalue weighted by molar-refractivity contribution is 0.715. The van der Waals surface area contributed by atoms with E-state index in [1.54, 1.807) is 0 Å². The lowest BCUT2D eigenvalue weighted by atomic mass is 10.0. The van der Waals surface area contributed by atoms with Gasteiger partial charge in [0, 0.05) is 11.6 Å². The molecule has 0 spiro atoms. The summed E-state index contributed by atoms with van der Waals surface area (Å²) < 4.78 is 1.59. The second-order valence-electron chi connectivity index (χ2n) is 4.86. The third-order valence-corrected chi connectivity index (χ3v) is 5.18. The van der Waals surface area contributed by atoms with E-state index in [-0.39, 0.29) is 0 Å². The second-order valence-corrected chi connectivity index (χ2v) is 6.04. The molecule has 1 aliphatic carbocycles. The quantitative estimate of drug-likeness (QED) is 0.816. The van der Waals surface area contributed by atoms with Gasteiger partial charge in [-0.25, -0.2) is 4.98 Å². The number of aromatic nitrogens is 2. The van der Waals surface area contributed by atoms with Gasteiger partial charge in [-0.1, -0.05) is 43.4 Å². The molecule has 0 radical (unpaired) electrons. The van der Waals surface area contributed by atoms with Gasteiger partial charge in [-0.05, 0) is 46.3 Å². The van der Waals surface area contributed by atoms with Crippen LogP contribution in [0.4, 0.5) is 0 Å². The van der Waals surface area contributed by atoms with Gasteiger partial charge in [-0.2, -0.15) is 0 Å². The molecule has 1 N–H and O–H groups in total. The molecule has 1 aromatic heterocycles. The van der Waals surface area contributed by atoms with E-state index in [1.807, 2.05) is 0 Å². The number of nitrogens with zero attached hydrogens (tertiary/aromatic N) is 1. The van der Waals surface area contributed by atoms with E-state index >= 15 is 0 Å². The molecule has 1 aliphatic rings. The summed E-state index contributed by atoms with van der Waals surface area (Å²) in [6.07, 6.45) is 3.16. The molecule has 0 aliphatic heterocycles. The molecule has 0 fully saturated rings. The van der Waals surface area contributed by atoms with Gasteiger partial charge in [-0.3, -0.25) is 0 Å². The molecule has 4 heteroatoms. The van der Waals surface area contributed by atoms with Gasteiger partial charge < -0.3 is 4.98 Å². The van der Waals surface area contributed by atoms with Crippen molar-refractivity contribution in [1.29, 1.82) is 0 Å². The van der Waals surface area contributed by atoms with Crippen molar-refractivity contribution >= 4 is 28.1 Å². The molecule has 1 atom stereocenters. The second kappa shape index (κ2) is 5.17. The lowest BCUT2D eigenvalue weighted by Gasteiger charge is -2.13.